The van der Waals surface area contributed by atoms with E-state index in [1.165, 1.54) is 5.56 Å². The summed E-state index contributed by atoms with van der Waals surface area (Å²) in [4.78, 5) is 0. The summed E-state index contributed by atoms with van der Waals surface area (Å²) in [5, 5.41) is 8.61. The van der Waals surface area contributed by atoms with Crippen molar-refractivity contribution in [1.29, 1.82) is 0 Å². The van der Waals surface area contributed by atoms with E-state index in [1.807, 2.05) is 6.08 Å². The summed E-state index contributed by atoms with van der Waals surface area (Å²) in [5.41, 5.74) is 2.49. The standard InChI is InChI=1S/C12H16O/c1-2-11-6-8-12(9-7-11)5-3-4-10-13/h2,6-9,13H,1,3-5,10H2. The number of aryl methyl sites for hydroxylation is 1. The molecule has 0 saturated carbocycles. The molecule has 0 spiro atoms. The second-order valence-electron chi connectivity index (χ2n) is 3.13. The molecule has 1 aromatic rings. The third-order valence-corrected chi connectivity index (χ3v) is 2.09. The lowest BCUT2D eigenvalue weighted by Crippen LogP contribution is -1.88. The smallest absolute Gasteiger partial charge is 0.0431 e. The van der Waals surface area contributed by atoms with Crippen molar-refractivity contribution in [3.63, 3.8) is 0 Å². The summed E-state index contributed by atoms with van der Waals surface area (Å²) >= 11 is 0. The zero-order valence-corrected chi connectivity index (χ0v) is 7.87. The van der Waals surface area contributed by atoms with Gasteiger partial charge in [0.05, 0.1) is 0 Å². The van der Waals surface area contributed by atoms with Crippen LogP contribution in [0.15, 0.2) is 30.8 Å². The van der Waals surface area contributed by atoms with Gasteiger partial charge in [0.2, 0.25) is 0 Å². The predicted octanol–water partition coefficient (Wildman–Crippen LogP) is 2.64. The minimum Gasteiger partial charge on any atom is -0.396 e. The molecule has 1 nitrogen and oxygen atoms in total. The van der Waals surface area contributed by atoms with Gasteiger partial charge < -0.3 is 5.11 Å². The van der Waals surface area contributed by atoms with Gasteiger partial charge >= 0.3 is 0 Å². The van der Waals surface area contributed by atoms with E-state index in [0.29, 0.717) is 6.61 Å². The van der Waals surface area contributed by atoms with Crippen LogP contribution < -0.4 is 0 Å². The number of aliphatic hydroxyl groups excluding tert-OH is 1. The van der Waals surface area contributed by atoms with E-state index in [-0.39, 0.29) is 0 Å². The first kappa shape index (κ1) is 10.0. The number of hydrogen-bond acceptors (Lipinski definition) is 1. The minimum absolute atomic E-state index is 0.296. The Balaban J connectivity index is 2.44. The Morgan fingerprint density at radius 1 is 1.15 bits per heavy atom. The summed E-state index contributed by atoms with van der Waals surface area (Å²) < 4.78 is 0. The molecule has 0 fully saturated rings. The quantitative estimate of drug-likeness (QED) is 0.684. The molecule has 0 amide bonds. The van der Waals surface area contributed by atoms with Gasteiger partial charge in [-0.3, -0.25) is 0 Å². The Labute approximate surface area is 79.7 Å². The van der Waals surface area contributed by atoms with Gasteiger partial charge in [-0.1, -0.05) is 36.9 Å². The molecule has 0 aliphatic heterocycles. The Kier molecular flexibility index (Phi) is 4.27. The fourth-order valence-electron chi connectivity index (χ4n) is 1.26. The summed E-state index contributed by atoms with van der Waals surface area (Å²) in [7, 11) is 0. The average Bonchev–Trinajstić information content (AvgIpc) is 2.19. The lowest BCUT2D eigenvalue weighted by molar-refractivity contribution is 0.284. The molecule has 13 heavy (non-hydrogen) atoms. The highest BCUT2D eigenvalue weighted by molar-refractivity contribution is 5.47. The van der Waals surface area contributed by atoms with Crippen LogP contribution in [0.3, 0.4) is 0 Å². The van der Waals surface area contributed by atoms with Crippen LogP contribution in [-0.4, -0.2) is 11.7 Å². The van der Waals surface area contributed by atoms with Crippen molar-refractivity contribution >= 4 is 6.08 Å². The molecule has 0 aromatic heterocycles. The molecule has 1 rings (SSSR count). The lowest BCUT2D eigenvalue weighted by Gasteiger charge is -2.00. The molecule has 0 atom stereocenters. The first-order valence-electron chi connectivity index (χ1n) is 4.69. The van der Waals surface area contributed by atoms with Crippen LogP contribution in [-0.2, 0) is 6.42 Å². The second kappa shape index (κ2) is 5.55. The molecule has 0 heterocycles. The third-order valence-electron chi connectivity index (χ3n) is 2.09. The normalized spacial score (nSPS) is 9.92. The molecule has 1 aromatic carbocycles. The van der Waals surface area contributed by atoms with E-state index in [1.54, 1.807) is 0 Å². The van der Waals surface area contributed by atoms with Crippen molar-refractivity contribution in [2.75, 3.05) is 6.61 Å². The molecule has 0 bridgehead atoms. The summed E-state index contributed by atoms with van der Waals surface area (Å²) in [6.45, 7) is 4.00. The maximum atomic E-state index is 8.61. The van der Waals surface area contributed by atoms with E-state index in [9.17, 15) is 0 Å². The minimum atomic E-state index is 0.296. The van der Waals surface area contributed by atoms with E-state index in [4.69, 9.17) is 5.11 Å². The van der Waals surface area contributed by atoms with Crippen LogP contribution in [0.2, 0.25) is 0 Å². The molecule has 70 valence electrons. The number of hydrogen-bond donors (Lipinski definition) is 1. The van der Waals surface area contributed by atoms with E-state index in [0.717, 1.165) is 24.8 Å². The second-order valence-corrected chi connectivity index (χ2v) is 3.13. The molecule has 1 heteroatoms. The molecule has 0 aliphatic carbocycles. The molecule has 1 N–H and O–H groups in total. The van der Waals surface area contributed by atoms with Crippen molar-refractivity contribution in [2.24, 2.45) is 0 Å². The highest BCUT2D eigenvalue weighted by Crippen LogP contribution is 2.08. The first-order valence-corrected chi connectivity index (χ1v) is 4.69. The van der Waals surface area contributed by atoms with E-state index < -0.39 is 0 Å². The van der Waals surface area contributed by atoms with Gasteiger partial charge in [0.1, 0.15) is 0 Å². The van der Waals surface area contributed by atoms with Gasteiger partial charge in [-0.25, -0.2) is 0 Å². The molecule has 0 radical (unpaired) electrons. The van der Waals surface area contributed by atoms with Gasteiger partial charge in [-0.05, 0) is 30.4 Å². The third kappa shape index (κ3) is 3.43. The summed E-state index contributed by atoms with van der Waals surface area (Å²) in [5.74, 6) is 0. The van der Waals surface area contributed by atoms with Crippen LogP contribution in [0.25, 0.3) is 6.08 Å². The van der Waals surface area contributed by atoms with Crippen molar-refractivity contribution in [2.45, 2.75) is 19.3 Å². The average molecular weight is 176 g/mol. The Bertz CT molecular complexity index is 248. The fraction of sp³-hybridized carbons (Fsp3) is 0.333. The van der Waals surface area contributed by atoms with Crippen LogP contribution in [0.4, 0.5) is 0 Å². The summed E-state index contributed by atoms with van der Waals surface area (Å²) in [6.07, 6.45) is 4.85. The molecule has 0 aliphatic rings. The lowest BCUT2D eigenvalue weighted by atomic mass is 10.1. The number of aliphatic hydroxyl groups is 1. The van der Waals surface area contributed by atoms with Crippen LogP contribution in [0.1, 0.15) is 24.0 Å². The zero-order chi connectivity index (χ0) is 9.52. The highest BCUT2D eigenvalue weighted by Gasteiger charge is 1.92. The van der Waals surface area contributed by atoms with Gasteiger partial charge in [0.15, 0.2) is 0 Å². The zero-order valence-electron chi connectivity index (χ0n) is 7.87. The maximum Gasteiger partial charge on any atom is 0.0431 e. The molecular weight excluding hydrogens is 160 g/mol. The fourth-order valence-corrected chi connectivity index (χ4v) is 1.26. The topological polar surface area (TPSA) is 20.2 Å². The Morgan fingerprint density at radius 3 is 2.38 bits per heavy atom. The molecule has 0 saturated heterocycles. The molecule has 0 unspecified atom stereocenters. The summed E-state index contributed by atoms with van der Waals surface area (Å²) in [6, 6.07) is 8.38. The van der Waals surface area contributed by atoms with Crippen LogP contribution >= 0.6 is 0 Å². The highest BCUT2D eigenvalue weighted by atomic mass is 16.2. The first-order chi connectivity index (χ1) is 6.36. The molecular formula is C12H16O. The van der Waals surface area contributed by atoms with Crippen molar-refractivity contribution in [1.82, 2.24) is 0 Å². The van der Waals surface area contributed by atoms with Crippen LogP contribution in [0, 0.1) is 0 Å². The largest absolute Gasteiger partial charge is 0.396 e. The van der Waals surface area contributed by atoms with Crippen molar-refractivity contribution in [3.8, 4) is 0 Å². The Morgan fingerprint density at radius 2 is 1.85 bits per heavy atom. The maximum absolute atomic E-state index is 8.61. The van der Waals surface area contributed by atoms with Gasteiger partial charge in [-0.15, -0.1) is 0 Å². The Hall–Kier alpha value is -1.08. The van der Waals surface area contributed by atoms with Gasteiger partial charge in [-0.2, -0.15) is 0 Å². The monoisotopic (exact) mass is 176 g/mol. The van der Waals surface area contributed by atoms with Crippen molar-refractivity contribution in [3.05, 3.63) is 42.0 Å². The van der Waals surface area contributed by atoms with Crippen LogP contribution in [0.5, 0.6) is 0 Å². The predicted molar refractivity (Wildman–Crippen MR) is 56.6 cm³/mol. The van der Waals surface area contributed by atoms with Crippen molar-refractivity contribution < 1.29 is 5.11 Å². The van der Waals surface area contributed by atoms with Gasteiger partial charge in [0.25, 0.3) is 0 Å². The number of rotatable bonds is 5. The SMILES string of the molecule is C=Cc1ccc(CCCCO)cc1. The van der Waals surface area contributed by atoms with Gasteiger partial charge in [0, 0.05) is 6.61 Å². The van der Waals surface area contributed by atoms with E-state index >= 15 is 0 Å². The van der Waals surface area contributed by atoms with E-state index in [2.05, 4.69) is 30.8 Å². The number of benzene rings is 1. The number of unbranched alkanes of at least 4 members (excludes halogenated alkanes) is 1.